The molecule has 8 heteroatoms. The molecule has 1 saturated heterocycles. The number of sulfonamides is 1. The number of fused-ring (bicyclic) bond motifs is 1. The maximum Gasteiger partial charge on any atom is 0.240 e. The van der Waals surface area contributed by atoms with Gasteiger partial charge in [-0.25, -0.2) is 18.1 Å². The van der Waals surface area contributed by atoms with Crippen LogP contribution in [0.25, 0.3) is 11.0 Å². The molecule has 1 aromatic carbocycles. The highest BCUT2D eigenvalue weighted by atomic mass is 32.2. The second kappa shape index (κ2) is 7.86. The molecule has 1 aromatic heterocycles. The van der Waals surface area contributed by atoms with Crippen LogP contribution in [-0.4, -0.2) is 43.4 Å². The molecular weight excluding hydrogens is 346 g/mol. The number of rotatable bonds is 8. The van der Waals surface area contributed by atoms with Crippen molar-refractivity contribution in [2.45, 2.75) is 48.8 Å². The van der Waals surface area contributed by atoms with Crippen LogP contribution in [0.15, 0.2) is 28.3 Å². The summed E-state index contributed by atoms with van der Waals surface area (Å²) >= 11 is 1.62. The predicted octanol–water partition coefficient (Wildman–Crippen LogP) is 2.91. The van der Waals surface area contributed by atoms with Crippen LogP contribution in [0.2, 0.25) is 0 Å². The number of thioether (sulfide) groups is 1. The third-order valence-corrected chi connectivity index (χ3v) is 6.46. The van der Waals surface area contributed by atoms with E-state index in [0.717, 1.165) is 54.2 Å². The Morgan fingerprint density at radius 3 is 3.08 bits per heavy atom. The first-order valence-electron chi connectivity index (χ1n) is 8.32. The standard InChI is InChI=1S/C16H23N3O3S2/c1-2-3-8-17-24(20,21)13-6-7-14-15(10-13)19-16(18-14)23-11-12-5-4-9-22-12/h6-7,10,12,17H,2-5,8-9,11H2,1H3,(H,18,19). The molecule has 0 amide bonds. The van der Waals surface area contributed by atoms with E-state index in [1.165, 1.54) is 0 Å². The molecule has 0 radical (unpaired) electrons. The number of hydrogen-bond acceptors (Lipinski definition) is 5. The minimum Gasteiger partial charge on any atom is -0.377 e. The normalized spacial score (nSPS) is 18.5. The van der Waals surface area contributed by atoms with Crippen molar-refractivity contribution in [3.05, 3.63) is 18.2 Å². The van der Waals surface area contributed by atoms with Gasteiger partial charge in [0.05, 0.1) is 22.0 Å². The molecule has 1 fully saturated rings. The topological polar surface area (TPSA) is 84.1 Å². The summed E-state index contributed by atoms with van der Waals surface area (Å²) in [4.78, 5) is 7.98. The molecule has 1 aliphatic rings. The third kappa shape index (κ3) is 4.30. The molecule has 0 bridgehead atoms. The van der Waals surface area contributed by atoms with Gasteiger partial charge in [-0.15, -0.1) is 0 Å². The Bertz CT molecular complexity index is 783. The van der Waals surface area contributed by atoms with Gasteiger partial charge in [-0.2, -0.15) is 0 Å². The van der Waals surface area contributed by atoms with Crippen LogP contribution in [-0.2, 0) is 14.8 Å². The quantitative estimate of drug-likeness (QED) is 0.552. The van der Waals surface area contributed by atoms with Crippen LogP contribution in [0.5, 0.6) is 0 Å². The van der Waals surface area contributed by atoms with E-state index in [1.807, 2.05) is 6.92 Å². The van der Waals surface area contributed by atoms with Crippen molar-refractivity contribution in [2.75, 3.05) is 18.9 Å². The van der Waals surface area contributed by atoms with Crippen molar-refractivity contribution < 1.29 is 13.2 Å². The lowest BCUT2D eigenvalue weighted by atomic mass is 10.3. The maximum absolute atomic E-state index is 12.3. The zero-order chi connectivity index (χ0) is 17.0. The molecule has 132 valence electrons. The molecule has 0 aliphatic carbocycles. The highest BCUT2D eigenvalue weighted by Crippen LogP contribution is 2.25. The zero-order valence-corrected chi connectivity index (χ0v) is 15.4. The lowest BCUT2D eigenvalue weighted by molar-refractivity contribution is 0.129. The minimum atomic E-state index is -3.46. The Balaban J connectivity index is 1.71. The number of benzene rings is 1. The number of H-pyrrole nitrogens is 1. The highest BCUT2D eigenvalue weighted by molar-refractivity contribution is 7.99. The first kappa shape index (κ1) is 17.7. The van der Waals surface area contributed by atoms with Gasteiger partial charge in [0.25, 0.3) is 0 Å². The van der Waals surface area contributed by atoms with E-state index in [-0.39, 0.29) is 4.90 Å². The molecule has 2 N–H and O–H groups in total. The van der Waals surface area contributed by atoms with E-state index in [0.29, 0.717) is 12.6 Å². The van der Waals surface area contributed by atoms with Gasteiger partial charge in [0, 0.05) is 18.9 Å². The monoisotopic (exact) mass is 369 g/mol. The molecule has 0 saturated carbocycles. The van der Waals surface area contributed by atoms with Gasteiger partial charge in [0.1, 0.15) is 0 Å². The zero-order valence-electron chi connectivity index (χ0n) is 13.7. The van der Waals surface area contributed by atoms with Crippen LogP contribution >= 0.6 is 11.8 Å². The molecule has 1 atom stereocenters. The summed E-state index contributed by atoms with van der Waals surface area (Å²) < 4.78 is 32.8. The molecule has 1 unspecified atom stereocenters. The van der Waals surface area contributed by atoms with Crippen molar-refractivity contribution >= 4 is 32.8 Å². The number of nitrogens with zero attached hydrogens (tertiary/aromatic N) is 1. The predicted molar refractivity (Wildman–Crippen MR) is 95.9 cm³/mol. The average molecular weight is 370 g/mol. The first-order chi connectivity index (χ1) is 11.6. The summed E-state index contributed by atoms with van der Waals surface area (Å²) in [5.74, 6) is 0.865. The van der Waals surface area contributed by atoms with Crippen LogP contribution in [0.4, 0.5) is 0 Å². The van der Waals surface area contributed by atoms with Crippen molar-refractivity contribution in [1.82, 2.24) is 14.7 Å². The first-order valence-corrected chi connectivity index (χ1v) is 10.8. The van der Waals surface area contributed by atoms with Crippen molar-refractivity contribution in [3.63, 3.8) is 0 Å². The summed E-state index contributed by atoms with van der Waals surface area (Å²) in [7, 11) is -3.46. The molecule has 3 rings (SSSR count). The largest absolute Gasteiger partial charge is 0.377 e. The summed E-state index contributed by atoms with van der Waals surface area (Å²) in [5.41, 5.74) is 1.51. The summed E-state index contributed by atoms with van der Waals surface area (Å²) in [5, 5.41) is 0.800. The summed E-state index contributed by atoms with van der Waals surface area (Å²) in [6, 6.07) is 5.00. The van der Waals surface area contributed by atoms with Gasteiger partial charge >= 0.3 is 0 Å². The van der Waals surface area contributed by atoms with Gasteiger partial charge < -0.3 is 9.72 Å². The molecule has 24 heavy (non-hydrogen) atoms. The van der Waals surface area contributed by atoms with Crippen LogP contribution in [0, 0.1) is 0 Å². The van der Waals surface area contributed by atoms with Gasteiger partial charge in [-0.3, -0.25) is 0 Å². The Kier molecular flexibility index (Phi) is 5.80. The minimum absolute atomic E-state index is 0.269. The average Bonchev–Trinajstić information content (AvgIpc) is 3.21. The fraction of sp³-hybridized carbons (Fsp3) is 0.562. The number of ether oxygens (including phenoxy) is 1. The smallest absolute Gasteiger partial charge is 0.240 e. The van der Waals surface area contributed by atoms with E-state index in [9.17, 15) is 8.42 Å². The van der Waals surface area contributed by atoms with Gasteiger partial charge in [-0.1, -0.05) is 25.1 Å². The van der Waals surface area contributed by atoms with E-state index >= 15 is 0 Å². The van der Waals surface area contributed by atoms with Crippen LogP contribution in [0.1, 0.15) is 32.6 Å². The number of hydrogen-bond donors (Lipinski definition) is 2. The van der Waals surface area contributed by atoms with E-state index in [2.05, 4.69) is 14.7 Å². The second-order valence-corrected chi connectivity index (χ2v) is 8.69. The van der Waals surface area contributed by atoms with E-state index < -0.39 is 10.0 Å². The molecule has 6 nitrogen and oxygen atoms in total. The SMILES string of the molecule is CCCCNS(=O)(=O)c1ccc2nc(SCC3CCCO3)[nH]c2c1. The third-order valence-electron chi connectivity index (χ3n) is 3.99. The highest BCUT2D eigenvalue weighted by Gasteiger charge is 2.18. The van der Waals surface area contributed by atoms with Gasteiger partial charge in [0.2, 0.25) is 10.0 Å². The Morgan fingerprint density at radius 2 is 2.33 bits per heavy atom. The molecule has 2 heterocycles. The van der Waals surface area contributed by atoms with Crippen molar-refractivity contribution in [1.29, 1.82) is 0 Å². The maximum atomic E-state index is 12.3. The molecule has 1 aliphatic heterocycles. The fourth-order valence-electron chi connectivity index (χ4n) is 2.62. The Morgan fingerprint density at radius 1 is 1.46 bits per heavy atom. The second-order valence-electron chi connectivity index (χ2n) is 5.92. The van der Waals surface area contributed by atoms with Gasteiger partial charge in [0.15, 0.2) is 5.16 Å². The molecule has 2 aromatic rings. The Hall–Kier alpha value is -1.09. The fourth-order valence-corrected chi connectivity index (χ4v) is 4.67. The number of unbranched alkanes of at least 4 members (excludes halogenated alkanes) is 1. The Labute approximate surface area is 146 Å². The van der Waals surface area contributed by atoms with Crippen LogP contribution in [0.3, 0.4) is 0 Å². The lowest BCUT2D eigenvalue weighted by Gasteiger charge is -2.06. The number of nitrogens with one attached hydrogen (secondary N) is 2. The van der Waals surface area contributed by atoms with E-state index in [4.69, 9.17) is 4.74 Å². The molecular formula is C16H23N3O3S2. The number of aromatic nitrogens is 2. The van der Waals surface area contributed by atoms with Crippen LogP contribution < -0.4 is 4.72 Å². The number of imidazole rings is 1. The van der Waals surface area contributed by atoms with Crippen molar-refractivity contribution in [2.24, 2.45) is 0 Å². The number of aromatic amines is 1. The summed E-state index contributed by atoms with van der Waals surface area (Å²) in [6.07, 6.45) is 4.29. The van der Waals surface area contributed by atoms with Gasteiger partial charge in [-0.05, 0) is 37.5 Å². The molecule has 0 spiro atoms. The van der Waals surface area contributed by atoms with Crippen molar-refractivity contribution in [3.8, 4) is 0 Å². The summed E-state index contributed by atoms with van der Waals surface area (Å²) in [6.45, 7) is 3.33. The lowest BCUT2D eigenvalue weighted by Crippen LogP contribution is -2.24. The van der Waals surface area contributed by atoms with E-state index in [1.54, 1.807) is 30.0 Å².